The van der Waals surface area contributed by atoms with E-state index in [1.54, 1.807) is 6.92 Å². The Labute approximate surface area is 120 Å². The molecule has 1 aromatic heterocycles. The lowest BCUT2D eigenvalue weighted by atomic mass is 10.1. The Morgan fingerprint density at radius 2 is 2.00 bits per heavy atom. The zero-order valence-electron chi connectivity index (χ0n) is 12.3. The van der Waals surface area contributed by atoms with E-state index in [0.717, 1.165) is 22.2 Å². The number of para-hydroxylation sites is 1. The number of nitrogens with zero attached hydrogens (tertiary/aromatic N) is 1. The molecule has 2 aromatic rings. The van der Waals surface area contributed by atoms with Crippen molar-refractivity contribution in [2.75, 3.05) is 5.75 Å². The molecule has 5 heteroatoms. The van der Waals surface area contributed by atoms with Crippen molar-refractivity contribution in [1.29, 1.82) is 0 Å². The molecule has 0 fully saturated rings. The summed E-state index contributed by atoms with van der Waals surface area (Å²) >= 11 is 0. The van der Waals surface area contributed by atoms with E-state index in [-0.39, 0.29) is 17.5 Å². The average Bonchev–Trinajstić information content (AvgIpc) is 2.75. The largest absolute Gasteiger partial charge is 0.341 e. The third-order valence-corrected chi connectivity index (χ3v) is 5.18. The van der Waals surface area contributed by atoms with Crippen LogP contribution >= 0.6 is 0 Å². The third-order valence-electron chi connectivity index (χ3n) is 3.57. The van der Waals surface area contributed by atoms with Gasteiger partial charge in [0.25, 0.3) is 0 Å². The first kappa shape index (κ1) is 15.1. The van der Waals surface area contributed by atoms with Crippen LogP contribution in [-0.4, -0.2) is 18.7 Å². The summed E-state index contributed by atoms with van der Waals surface area (Å²) in [5.41, 5.74) is 8.77. The van der Waals surface area contributed by atoms with Gasteiger partial charge in [-0.3, -0.25) is 0 Å². The van der Waals surface area contributed by atoms with Crippen LogP contribution < -0.4 is 5.73 Å². The van der Waals surface area contributed by atoms with Crippen LogP contribution in [0, 0.1) is 0 Å². The van der Waals surface area contributed by atoms with Crippen LogP contribution in [-0.2, 0) is 22.1 Å². The van der Waals surface area contributed by atoms with Gasteiger partial charge in [-0.15, -0.1) is 0 Å². The molecule has 1 heterocycles. The SMILES string of the molecule is CCS(=O)(=O)Cc1cc2cccc(CN)c2n1C(C)C. The van der Waals surface area contributed by atoms with Crippen LogP contribution in [0.4, 0.5) is 0 Å². The van der Waals surface area contributed by atoms with Crippen molar-refractivity contribution in [3.63, 3.8) is 0 Å². The summed E-state index contributed by atoms with van der Waals surface area (Å²) in [7, 11) is -3.05. The predicted molar refractivity (Wildman–Crippen MR) is 83.4 cm³/mol. The van der Waals surface area contributed by atoms with E-state index in [1.807, 2.05) is 24.3 Å². The summed E-state index contributed by atoms with van der Waals surface area (Å²) in [6.07, 6.45) is 0. The second-order valence-electron chi connectivity index (χ2n) is 5.34. The van der Waals surface area contributed by atoms with E-state index in [9.17, 15) is 8.42 Å². The van der Waals surface area contributed by atoms with E-state index in [0.29, 0.717) is 6.54 Å². The van der Waals surface area contributed by atoms with E-state index in [1.165, 1.54) is 0 Å². The van der Waals surface area contributed by atoms with E-state index >= 15 is 0 Å². The minimum absolute atomic E-state index is 0.0837. The maximum Gasteiger partial charge on any atom is 0.155 e. The molecule has 20 heavy (non-hydrogen) atoms. The highest BCUT2D eigenvalue weighted by atomic mass is 32.2. The molecule has 0 saturated heterocycles. The van der Waals surface area contributed by atoms with Gasteiger partial charge in [0.15, 0.2) is 9.84 Å². The molecule has 0 saturated carbocycles. The topological polar surface area (TPSA) is 65.1 Å². The lowest BCUT2D eigenvalue weighted by Crippen LogP contribution is -2.13. The second kappa shape index (κ2) is 5.58. The van der Waals surface area contributed by atoms with Crippen molar-refractivity contribution in [3.8, 4) is 0 Å². The van der Waals surface area contributed by atoms with Crippen LogP contribution in [0.3, 0.4) is 0 Å². The fraction of sp³-hybridized carbons (Fsp3) is 0.467. The summed E-state index contributed by atoms with van der Waals surface area (Å²) < 4.78 is 26.0. The Morgan fingerprint density at radius 3 is 2.55 bits per heavy atom. The zero-order chi connectivity index (χ0) is 14.9. The molecular weight excluding hydrogens is 272 g/mol. The minimum Gasteiger partial charge on any atom is -0.341 e. The molecule has 2 N–H and O–H groups in total. The molecule has 0 bridgehead atoms. The lowest BCUT2D eigenvalue weighted by molar-refractivity contribution is 0.581. The van der Waals surface area contributed by atoms with Crippen LogP contribution in [0.15, 0.2) is 24.3 Å². The fourth-order valence-electron chi connectivity index (χ4n) is 2.61. The van der Waals surface area contributed by atoms with Gasteiger partial charge in [-0.25, -0.2) is 8.42 Å². The summed E-state index contributed by atoms with van der Waals surface area (Å²) in [4.78, 5) is 0. The first-order valence-corrected chi connectivity index (χ1v) is 8.74. The number of benzene rings is 1. The van der Waals surface area contributed by atoms with Gasteiger partial charge < -0.3 is 10.3 Å². The summed E-state index contributed by atoms with van der Waals surface area (Å²) in [5.74, 6) is 0.247. The average molecular weight is 294 g/mol. The zero-order valence-corrected chi connectivity index (χ0v) is 13.1. The first-order valence-electron chi connectivity index (χ1n) is 6.91. The predicted octanol–water partition coefficient (Wildman–Crippen LogP) is 2.62. The van der Waals surface area contributed by atoms with Gasteiger partial charge in [0.1, 0.15) is 0 Å². The quantitative estimate of drug-likeness (QED) is 0.922. The summed E-state index contributed by atoms with van der Waals surface area (Å²) in [6, 6.07) is 8.14. The van der Waals surface area contributed by atoms with Gasteiger partial charge in [-0.2, -0.15) is 0 Å². The van der Waals surface area contributed by atoms with Gasteiger partial charge in [0.05, 0.1) is 11.3 Å². The molecule has 0 spiro atoms. The monoisotopic (exact) mass is 294 g/mol. The number of sulfone groups is 1. The molecular formula is C15H22N2O2S. The number of fused-ring (bicyclic) bond motifs is 1. The Kier molecular flexibility index (Phi) is 4.20. The van der Waals surface area contributed by atoms with E-state index < -0.39 is 9.84 Å². The van der Waals surface area contributed by atoms with Crippen LogP contribution in [0.25, 0.3) is 10.9 Å². The van der Waals surface area contributed by atoms with Gasteiger partial charge >= 0.3 is 0 Å². The van der Waals surface area contributed by atoms with Crippen molar-refractivity contribution >= 4 is 20.7 Å². The Balaban J connectivity index is 2.70. The lowest BCUT2D eigenvalue weighted by Gasteiger charge is -2.16. The van der Waals surface area contributed by atoms with Crippen molar-refractivity contribution in [3.05, 3.63) is 35.5 Å². The highest BCUT2D eigenvalue weighted by Crippen LogP contribution is 2.28. The van der Waals surface area contributed by atoms with E-state index in [2.05, 4.69) is 18.4 Å². The number of hydrogen-bond donors (Lipinski definition) is 1. The summed E-state index contributed by atoms with van der Waals surface area (Å²) in [6.45, 7) is 6.26. The van der Waals surface area contributed by atoms with Gasteiger partial charge in [0, 0.05) is 29.4 Å². The Hall–Kier alpha value is -1.33. The maximum atomic E-state index is 11.9. The molecule has 0 aliphatic rings. The first-order chi connectivity index (χ1) is 9.39. The molecule has 0 aliphatic carbocycles. The Bertz CT molecular complexity index is 715. The smallest absolute Gasteiger partial charge is 0.155 e. The highest BCUT2D eigenvalue weighted by Gasteiger charge is 2.18. The summed E-state index contributed by atoms with van der Waals surface area (Å²) in [5, 5.41) is 1.06. The third kappa shape index (κ3) is 2.74. The van der Waals surface area contributed by atoms with Crippen molar-refractivity contribution < 1.29 is 8.42 Å². The van der Waals surface area contributed by atoms with E-state index in [4.69, 9.17) is 5.73 Å². The van der Waals surface area contributed by atoms with Gasteiger partial charge in [-0.1, -0.05) is 25.1 Å². The molecule has 0 unspecified atom stereocenters. The van der Waals surface area contributed by atoms with Gasteiger partial charge in [0.2, 0.25) is 0 Å². The molecule has 0 radical (unpaired) electrons. The van der Waals surface area contributed by atoms with Crippen molar-refractivity contribution in [2.24, 2.45) is 5.73 Å². The standard InChI is InChI=1S/C15H22N2O2S/c1-4-20(18,19)10-14-8-12-6-5-7-13(9-16)15(12)17(14)11(2)3/h5-8,11H,4,9-10,16H2,1-3H3. The number of hydrogen-bond acceptors (Lipinski definition) is 3. The van der Waals surface area contributed by atoms with Gasteiger partial charge in [-0.05, 0) is 25.5 Å². The van der Waals surface area contributed by atoms with Crippen molar-refractivity contribution in [2.45, 2.75) is 39.1 Å². The minimum atomic E-state index is -3.05. The van der Waals surface area contributed by atoms with Crippen molar-refractivity contribution in [1.82, 2.24) is 4.57 Å². The Morgan fingerprint density at radius 1 is 1.30 bits per heavy atom. The second-order valence-corrected chi connectivity index (χ2v) is 7.69. The normalized spacial score (nSPS) is 12.4. The van der Waals surface area contributed by atoms with Crippen LogP contribution in [0.2, 0.25) is 0 Å². The van der Waals surface area contributed by atoms with Crippen LogP contribution in [0.1, 0.15) is 38.1 Å². The molecule has 2 rings (SSSR count). The molecule has 0 aliphatic heterocycles. The molecule has 1 aromatic carbocycles. The number of aromatic nitrogens is 1. The highest BCUT2D eigenvalue weighted by molar-refractivity contribution is 7.90. The van der Waals surface area contributed by atoms with Crippen LogP contribution in [0.5, 0.6) is 0 Å². The maximum absolute atomic E-state index is 11.9. The molecule has 110 valence electrons. The molecule has 0 atom stereocenters. The molecule has 0 amide bonds. The number of rotatable bonds is 5. The number of nitrogens with two attached hydrogens (primary N) is 1. The fourth-order valence-corrected chi connectivity index (χ4v) is 3.48. The molecule has 4 nitrogen and oxygen atoms in total.